The third-order valence-corrected chi connectivity index (χ3v) is 7.48. The molecule has 1 aromatic heterocycles. The van der Waals surface area contributed by atoms with Gasteiger partial charge in [-0.05, 0) is 47.7 Å². The third kappa shape index (κ3) is 5.91. The van der Waals surface area contributed by atoms with Crippen LogP contribution in [0, 0.1) is 0 Å². The zero-order chi connectivity index (χ0) is 26.3. The van der Waals surface area contributed by atoms with E-state index in [0.717, 1.165) is 59.0 Å². The van der Waals surface area contributed by atoms with Gasteiger partial charge < -0.3 is 19.9 Å². The van der Waals surface area contributed by atoms with Crippen molar-refractivity contribution in [3.63, 3.8) is 0 Å². The van der Waals surface area contributed by atoms with Gasteiger partial charge in [-0.3, -0.25) is 9.59 Å². The normalized spacial score (nSPS) is 14.7. The summed E-state index contributed by atoms with van der Waals surface area (Å²) in [6, 6.07) is 24.7. The van der Waals surface area contributed by atoms with E-state index < -0.39 is 6.04 Å². The van der Waals surface area contributed by atoms with Gasteiger partial charge in [0.1, 0.15) is 11.8 Å². The number of hydrogen-bond donors (Lipinski definition) is 2. The number of aromatic nitrogens is 1. The van der Waals surface area contributed by atoms with Crippen LogP contribution in [0.1, 0.15) is 54.8 Å². The first-order chi connectivity index (χ1) is 18.6. The van der Waals surface area contributed by atoms with Gasteiger partial charge in [0.15, 0.2) is 0 Å². The molecule has 0 saturated heterocycles. The summed E-state index contributed by atoms with van der Waals surface area (Å²) in [5.41, 5.74) is 3.66. The zero-order valence-corrected chi connectivity index (χ0v) is 21.9. The number of benzene rings is 3. The summed E-state index contributed by atoms with van der Waals surface area (Å²) in [6.45, 7) is 0.308. The lowest BCUT2D eigenvalue weighted by Crippen LogP contribution is -2.47. The maximum Gasteiger partial charge on any atom is 0.247 e. The molecule has 6 heteroatoms. The first kappa shape index (κ1) is 25.6. The van der Waals surface area contributed by atoms with Crippen molar-refractivity contribution in [2.75, 3.05) is 7.11 Å². The van der Waals surface area contributed by atoms with E-state index in [1.54, 1.807) is 12.0 Å². The second kappa shape index (κ2) is 12.0. The van der Waals surface area contributed by atoms with E-state index in [1.165, 1.54) is 6.42 Å². The van der Waals surface area contributed by atoms with Crippen molar-refractivity contribution < 1.29 is 14.3 Å². The molecule has 0 radical (unpaired) electrons. The lowest BCUT2D eigenvalue weighted by atomic mass is 9.94. The van der Waals surface area contributed by atoms with Gasteiger partial charge >= 0.3 is 0 Å². The highest BCUT2D eigenvalue weighted by Crippen LogP contribution is 2.28. The monoisotopic (exact) mass is 509 g/mol. The van der Waals surface area contributed by atoms with Gasteiger partial charge in [-0.15, -0.1) is 0 Å². The van der Waals surface area contributed by atoms with Gasteiger partial charge in [-0.2, -0.15) is 0 Å². The first-order valence-corrected chi connectivity index (χ1v) is 13.4. The maximum absolute atomic E-state index is 14.1. The van der Waals surface area contributed by atoms with Crippen LogP contribution in [0.2, 0.25) is 0 Å². The second-order valence-electron chi connectivity index (χ2n) is 10.1. The number of carbonyl (C=O) groups excluding carboxylic acids is 2. The van der Waals surface area contributed by atoms with Crippen molar-refractivity contribution in [2.45, 2.75) is 57.2 Å². The Morgan fingerprint density at radius 3 is 2.39 bits per heavy atom. The lowest BCUT2D eigenvalue weighted by molar-refractivity contribution is -0.141. The summed E-state index contributed by atoms with van der Waals surface area (Å²) in [5, 5.41) is 4.31. The summed E-state index contributed by atoms with van der Waals surface area (Å²) in [7, 11) is 1.63. The van der Waals surface area contributed by atoms with Crippen molar-refractivity contribution >= 4 is 22.7 Å². The molecule has 2 amide bonds. The van der Waals surface area contributed by atoms with E-state index in [-0.39, 0.29) is 24.3 Å². The lowest BCUT2D eigenvalue weighted by Gasteiger charge is -2.33. The predicted molar refractivity (Wildman–Crippen MR) is 150 cm³/mol. The van der Waals surface area contributed by atoms with Crippen LogP contribution in [0.4, 0.5) is 0 Å². The second-order valence-corrected chi connectivity index (χ2v) is 10.1. The Bertz CT molecular complexity index is 1360. The summed E-state index contributed by atoms with van der Waals surface area (Å²) < 4.78 is 5.32. The Morgan fingerprint density at radius 1 is 0.947 bits per heavy atom. The molecule has 1 saturated carbocycles. The molecule has 4 aromatic rings. The number of H-pyrrole nitrogens is 1. The van der Waals surface area contributed by atoms with Crippen molar-refractivity contribution in [1.29, 1.82) is 0 Å². The van der Waals surface area contributed by atoms with Crippen LogP contribution in [0.25, 0.3) is 10.9 Å². The molecule has 1 fully saturated rings. The minimum atomic E-state index is -0.738. The molecule has 1 aliphatic carbocycles. The van der Waals surface area contributed by atoms with Crippen LogP contribution in [0.3, 0.4) is 0 Å². The SMILES string of the molecule is COc1ccc(CN(C(=O)Cc2c[nH]c3ccccc23)C(C(=O)NC2CCCCC2)c2ccccc2)cc1. The van der Waals surface area contributed by atoms with Crippen molar-refractivity contribution in [2.24, 2.45) is 0 Å². The smallest absolute Gasteiger partial charge is 0.247 e. The van der Waals surface area contributed by atoms with E-state index >= 15 is 0 Å². The molecule has 1 aliphatic rings. The molecule has 0 aliphatic heterocycles. The average Bonchev–Trinajstić information content (AvgIpc) is 3.37. The van der Waals surface area contributed by atoms with Crippen LogP contribution in [-0.4, -0.2) is 34.8 Å². The Hall–Kier alpha value is -4.06. The highest BCUT2D eigenvalue weighted by atomic mass is 16.5. The summed E-state index contributed by atoms with van der Waals surface area (Å²) in [6.07, 6.45) is 7.51. The number of para-hydroxylation sites is 1. The Morgan fingerprint density at radius 2 is 1.66 bits per heavy atom. The molecule has 0 spiro atoms. The molecule has 196 valence electrons. The van der Waals surface area contributed by atoms with Gasteiger partial charge in [0.25, 0.3) is 0 Å². The quantitative estimate of drug-likeness (QED) is 0.293. The Kier molecular flexibility index (Phi) is 8.07. The maximum atomic E-state index is 14.1. The fourth-order valence-corrected chi connectivity index (χ4v) is 5.43. The van der Waals surface area contributed by atoms with Gasteiger partial charge in [-0.25, -0.2) is 0 Å². The number of nitrogens with zero attached hydrogens (tertiary/aromatic N) is 1. The molecule has 3 aromatic carbocycles. The molecule has 0 bridgehead atoms. The number of rotatable bonds is 9. The molecule has 38 heavy (non-hydrogen) atoms. The number of carbonyl (C=O) groups is 2. The molecule has 2 N–H and O–H groups in total. The molecule has 5 rings (SSSR count). The summed E-state index contributed by atoms with van der Waals surface area (Å²) in [4.78, 5) is 33.0. The highest BCUT2D eigenvalue weighted by molar-refractivity contribution is 5.92. The van der Waals surface area contributed by atoms with Crippen molar-refractivity contribution in [3.05, 3.63) is 102 Å². The molecule has 1 atom stereocenters. The zero-order valence-electron chi connectivity index (χ0n) is 21.9. The van der Waals surface area contributed by atoms with Gasteiger partial charge in [0.05, 0.1) is 13.5 Å². The number of aromatic amines is 1. The predicted octanol–water partition coefficient (Wildman–Crippen LogP) is 5.94. The molecule has 6 nitrogen and oxygen atoms in total. The standard InChI is InChI=1S/C32H35N3O3/c1-38-27-18-16-23(17-19-27)22-35(30(36)20-25-21-33-29-15-9-8-14-28(25)29)31(24-10-4-2-5-11-24)32(37)34-26-12-6-3-7-13-26/h2,4-5,8-11,14-19,21,26,31,33H,3,6-7,12-13,20,22H2,1H3,(H,34,37). The average molecular weight is 510 g/mol. The molecule has 1 heterocycles. The first-order valence-electron chi connectivity index (χ1n) is 13.4. The molecular weight excluding hydrogens is 474 g/mol. The fourth-order valence-electron chi connectivity index (χ4n) is 5.43. The van der Waals surface area contributed by atoms with E-state index in [2.05, 4.69) is 10.3 Å². The fraction of sp³-hybridized carbons (Fsp3) is 0.312. The third-order valence-electron chi connectivity index (χ3n) is 7.48. The minimum Gasteiger partial charge on any atom is -0.497 e. The van der Waals surface area contributed by atoms with E-state index in [0.29, 0.717) is 6.54 Å². The Balaban J connectivity index is 1.50. The van der Waals surface area contributed by atoms with E-state index in [4.69, 9.17) is 4.74 Å². The summed E-state index contributed by atoms with van der Waals surface area (Å²) in [5.74, 6) is 0.530. The summed E-state index contributed by atoms with van der Waals surface area (Å²) >= 11 is 0. The number of hydrogen-bond acceptors (Lipinski definition) is 3. The number of methoxy groups -OCH3 is 1. The van der Waals surface area contributed by atoms with Crippen molar-refractivity contribution in [1.82, 2.24) is 15.2 Å². The number of fused-ring (bicyclic) bond motifs is 1. The number of ether oxygens (including phenoxy) is 1. The van der Waals surface area contributed by atoms with E-state index in [9.17, 15) is 9.59 Å². The van der Waals surface area contributed by atoms with Crippen LogP contribution in [0.5, 0.6) is 5.75 Å². The number of amides is 2. The van der Waals surface area contributed by atoms with Crippen LogP contribution in [0.15, 0.2) is 85.1 Å². The largest absolute Gasteiger partial charge is 0.497 e. The Labute approximate surface area is 224 Å². The van der Waals surface area contributed by atoms with Crippen LogP contribution in [-0.2, 0) is 22.6 Å². The van der Waals surface area contributed by atoms with Crippen LogP contribution < -0.4 is 10.1 Å². The van der Waals surface area contributed by atoms with Crippen molar-refractivity contribution in [3.8, 4) is 5.75 Å². The molecule has 1 unspecified atom stereocenters. The molecular formula is C32H35N3O3. The minimum absolute atomic E-state index is 0.0989. The highest BCUT2D eigenvalue weighted by Gasteiger charge is 2.33. The van der Waals surface area contributed by atoms with Gasteiger partial charge in [-0.1, -0.05) is 79.9 Å². The van der Waals surface area contributed by atoms with Gasteiger partial charge in [0.2, 0.25) is 11.8 Å². The van der Waals surface area contributed by atoms with Gasteiger partial charge in [0, 0.05) is 29.7 Å². The number of nitrogens with one attached hydrogen (secondary N) is 2. The van der Waals surface area contributed by atoms with Crippen LogP contribution >= 0.6 is 0 Å². The topological polar surface area (TPSA) is 74.4 Å². The van der Waals surface area contributed by atoms with E-state index in [1.807, 2.05) is 85.1 Å².